The van der Waals surface area contributed by atoms with Gasteiger partial charge in [0.2, 0.25) is 0 Å². The Morgan fingerprint density at radius 2 is 2.09 bits per heavy atom. The molecule has 0 aliphatic rings. The van der Waals surface area contributed by atoms with E-state index in [1.807, 2.05) is 12.1 Å². The van der Waals surface area contributed by atoms with Crippen LogP contribution in [0.15, 0.2) is 56.3 Å². The zero-order valence-corrected chi connectivity index (χ0v) is 12.9. The molecule has 0 atom stereocenters. The Labute approximate surface area is 133 Å². The van der Waals surface area contributed by atoms with E-state index in [1.54, 1.807) is 12.1 Å². The van der Waals surface area contributed by atoms with E-state index in [1.165, 1.54) is 22.8 Å². The van der Waals surface area contributed by atoms with Gasteiger partial charge in [-0.15, -0.1) is 0 Å². The lowest BCUT2D eigenvalue weighted by atomic mass is 10.1. The minimum Gasteiger partial charge on any atom is -0.399 e. The summed E-state index contributed by atoms with van der Waals surface area (Å²) in [5, 5.41) is 3.79. The number of aromatic nitrogens is 2. The zero-order chi connectivity index (χ0) is 15.7. The number of rotatable bonds is 3. The van der Waals surface area contributed by atoms with E-state index >= 15 is 0 Å². The van der Waals surface area contributed by atoms with Crippen molar-refractivity contribution in [3.8, 4) is 5.69 Å². The molecule has 3 rings (SSSR count). The van der Waals surface area contributed by atoms with E-state index in [-0.39, 0.29) is 4.47 Å². The molecule has 0 radical (unpaired) electrons. The summed E-state index contributed by atoms with van der Waals surface area (Å²) in [6.45, 7) is 0. The molecule has 0 aliphatic heterocycles. The van der Waals surface area contributed by atoms with Gasteiger partial charge < -0.3 is 5.73 Å². The summed E-state index contributed by atoms with van der Waals surface area (Å²) < 4.78 is 19.6. The van der Waals surface area contributed by atoms with Crippen LogP contribution < -0.4 is 11.5 Å². The van der Waals surface area contributed by atoms with Crippen LogP contribution in [-0.4, -0.2) is 9.72 Å². The Balaban J connectivity index is 2.04. The van der Waals surface area contributed by atoms with Crippen LogP contribution in [0.5, 0.6) is 0 Å². The Hall–Kier alpha value is -2.41. The molecule has 0 aliphatic carbocycles. The molecular weight excluding hydrogens is 353 g/mol. The molecule has 1 heterocycles. The van der Waals surface area contributed by atoms with Gasteiger partial charge in [0, 0.05) is 12.1 Å². The summed E-state index contributed by atoms with van der Waals surface area (Å²) in [4.78, 5) is 11.9. The van der Waals surface area contributed by atoms with Crippen molar-refractivity contribution >= 4 is 21.6 Å². The van der Waals surface area contributed by atoms with Gasteiger partial charge in [0.1, 0.15) is 5.82 Å². The van der Waals surface area contributed by atoms with Crippen LogP contribution in [0.2, 0.25) is 0 Å². The standard InChI is InChI=1S/C15H11BrFN3O2/c16-12-8-11(4-5-13(12)17)20-14(19-22-15(20)21)7-9-2-1-3-10(18)6-9/h1-6,8H,7,18H2. The quantitative estimate of drug-likeness (QED) is 0.726. The normalized spacial score (nSPS) is 10.8. The lowest BCUT2D eigenvalue weighted by Gasteiger charge is -2.06. The molecular formula is C15H11BrFN3O2. The lowest BCUT2D eigenvalue weighted by Crippen LogP contribution is -2.15. The average Bonchev–Trinajstić information content (AvgIpc) is 2.83. The van der Waals surface area contributed by atoms with Crippen LogP contribution in [0.25, 0.3) is 5.69 Å². The highest BCUT2D eigenvalue weighted by Gasteiger charge is 2.14. The highest BCUT2D eigenvalue weighted by Crippen LogP contribution is 2.20. The molecule has 5 nitrogen and oxygen atoms in total. The summed E-state index contributed by atoms with van der Waals surface area (Å²) in [7, 11) is 0. The third-order valence-corrected chi connectivity index (χ3v) is 3.75. The third-order valence-electron chi connectivity index (χ3n) is 3.14. The second-order valence-corrected chi connectivity index (χ2v) is 5.57. The van der Waals surface area contributed by atoms with Gasteiger partial charge >= 0.3 is 5.76 Å². The van der Waals surface area contributed by atoms with E-state index in [9.17, 15) is 9.18 Å². The first-order valence-electron chi connectivity index (χ1n) is 6.42. The average molecular weight is 364 g/mol. The van der Waals surface area contributed by atoms with Crippen molar-refractivity contribution in [1.82, 2.24) is 9.72 Å². The van der Waals surface area contributed by atoms with Crippen LogP contribution >= 0.6 is 15.9 Å². The van der Waals surface area contributed by atoms with E-state index in [2.05, 4.69) is 21.1 Å². The van der Waals surface area contributed by atoms with Crippen LogP contribution in [-0.2, 0) is 6.42 Å². The van der Waals surface area contributed by atoms with Crippen molar-refractivity contribution in [3.05, 3.63) is 74.7 Å². The number of anilines is 1. The van der Waals surface area contributed by atoms with E-state index in [0.717, 1.165) is 5.56 Å². The van der Waals surface area contributed by atoms with Crippen LogP contribution in [0.1, 0.15) is 11.4 Å². The minimum atomic E-state index is -0.627. The fraction of sp³-hybridized carbons (Fsp3) is 0.0667. The molecule has 7 heteroatoms. The Bertz CT molecular complexity index is 888. The van der Waals surface area contributed by atoms with Gasteiger partial charge in [-0.05, 0) is 51.8 Å². The highest BCUT2D eigenvalue weighted by atomic mass is 79.9. The molecule has 0 saturated carbocycles. The second kappa shape index (κ2) is 5.76. The largest absolute Gasteiger partial charge is 0.446 e. The zero-order valence-electron chi connectivity index (χ0n) is 11.3. The summed E-state index contributed by atoms with van der Waals surface area (Å²) in [5.74, 6) is -0.628. The molecule has 0 unspecified atom stereocenters. The topological polar surface area (TPSA) is 74.1 Å². The third kappa shape index (κ3) is 2.80. The molecule has 0 amide bonds. The summed E-state index contributed by atoms with van der Waals surface area (Å²) in [6.07, 6.45) is 0.367. The molecule has 2 N–H and O–H groups in total. The van der Waals surface area contributed by atoms with Crippen molar-refractivity contribution in [1.29, 1.82) is 0 Å². The number of benzene rings is 2. The van der Waals surface area contributed by atoms with Crippen molar-refractivity contribution in [3.63, 3.8) is 0 Å². The smallest absolute Gasteiger partial charge is 0.399 e. The maximum absolute atomic E-state index is 13.3. The Morgan fingerprint density at radius 1 is 1.27 bits per heavy atom. The predicted molar refractivity (Wildman–Crippen MR) is 83.4 cm³/mol. The number of nitrogens with two attached hydrogens (primary N) is 1. The number of hydrogen-bond donors (Lipinski definition) is 1. The van der Waals surface area contributed by atoms with Crippen LogP contribution in [0.4, 0.5) is 10.1 Å². The first-order chi connectivity index (χ1) is 10.5. The summed E-state index contributed by atoms with van der Waals surface area (Å²) in [6, 6.07) is 11.5. The Morgan fingerprint density at radius 3 is 2.82 bits per heavy atom. The number of halogens is 2. The van der Waals surface area contributed by atoms with Gasteiger partial charge in [0.05, 0.1) is 10.2 Å². The molecule has 1 aromatic heterocycles. The maximum Gasteiger partial charge on any atom is 0.446 e. The summed E-state index contributed by atoms with van der Waals surface area (Å²) in [5.41, 5.74) is 7.73. The fourth-order valence-corrected chi connectivity index (χ4v) is 2.52. The highest BCUT2D eigenvalue weighted by molar-refractivity contribution is 9.10. The van der Waals surface area contributed by atoms with Gasteiger partial charge in [-0.2, -0.15) is 0 Å². The van der Waals surface area contributed by atoms with Crippen LogP contribution in [0.3, 0.4) is 0 Å². The molecule has 0 fully saturated rings. The lowest BCUT2D eigenvalue weighted by molar-refractivity contribution is 0.379. The molecule has 0 spiro atoms. The summed E-state index contributed by atoms with van der Waals surface area (Å²) >= 11 is 3.10. The minimum absolute atomic E-state index is 0.257. The van der Waals surface area contributed by atoms with Gasteiger partial charge in [-0.1, -0.05) is 17.3 Å². The van der Waals surface area contributed by atoms with Crippen LogP contribution in [0, 0.1) is 5.82 Å². The van der Waals surface area contributed by atoms with Crippen molar-refractivity contribution in [2.45, 2.75) is 6.42 Å². The fourth-order valence-electron chi connectivity index (χ4n) is 2.15. The van der Waals surface area contributed by atoms with Gasteiger partial charge in [0.25, 0.3) is 0 Å². The SMILES string of the molecule is Nc1cccc(Cc2noc(=O)n2-c2ccc(F)c(Br)c2)c1. The van der Waals surface area contributed by atoms with E-state index in [0.29, 0.717) is 23.6 Å². The van der Waals surface area contributed by atoms with Crippen molar-refractivity contribution in [2.75, 3.05) is 5.73 Å². The number of nitrogen functional groups attached to an aromatic ring is 1. The monoisotopic (exact) mass is 363 g/mol. The van der Waals surface area contributed by atoms with Gasteiger partial charge in [-0.3, -0.25) is 4.52 Å². The first kappa shape index (κ1) is 14.5. The second-order valence-electron chi connectivity index (χ2n) is 4.72. The molecule has 22 heavy (non-hydrogen) atoms. The van der Waals surface area contributed by atoms with E-state index < -0.39 is 11.6 Å². The van der Waals surface area contributed by atoms with Gasteiger partial charge in [0.15, 0.2) is 5.82 Å². The molecule has 3 aromatic rings. The molecule has 112 valence electrons. The Kier molecular flexibility index (Phi) is 3.81. The molecule has 0 saturated heterocycles. The predicted octanol–water partition coefficient (Wildman–Crippen LogP) is 2.90. The van der Waals surface area contributed by atoms with E-state index in [4.69, 9.17) is 10.3 Å². The van der Waals surface area contributed by atoms with Crippen molar-refractivity contribution < 1.29 is 8.91 Å². The number of nitrogens with zero attached hydrogens (tertiary/aromatic N) is 2. The molecule has 2 aromatic carbocycles. The van der Waals surface area contributed by atoms with Gasteiger partial charge in [-0.25, -0.2) is 13.8 Å². The molecule has 0 bridgehead atoms. The van der Waals surface area contributed by atoms with Crippen molar-refractivity contribution in [2.24, 2.45) is 0 Å². The maximum atomic E-state index is 13.3. The number of hydrogen-bond acceptors (Lipinski definition) is 4. The first-order valence-corrected chi connectivity index (χ1v) is 7.21.